The van der Waals surface area contributed by atoms with Gasteiger partial charge in [-0.3, -0.25) is 0 Å². The summed E-state index contributed by atoms with van der Waals surface area (Å²) in [6.07, 6.45) is 0. The second kappa shape index (κ2) is 5.67. The van der Waals surface area contributed by atoms with Crippen LogP contribution >= 0.6 is 0 Å². The third-order valence-electron chi connectivity index (χ3n) is 3.46. The summed E-state index contributed by atoms with van der Waals surface area (Å²) >= 11 is 0. The number of hydrogen-bond donors (Lipinski definition) is 1. The van der Waals surface area contributed by atoms with E-state index in [2.05, 4.69) is 5.32 Å². The van der Waals surface area contributed by atoms with E-state index in [1.54, 1.807) is 19.2 Å². The highest BCUT2D eigenvalue weighted by Crippen LogP contribution is 2.30. The first-order valence-electron chi connectivity index (χ1n) is 6.36. The lowest BCUT2D eigenvalue weighted by Crippen LogP contribution is -2.12. The minimum atomic E-state index is -0.628. The third kappa shape index (κ3) is 2.70. The maximum atomic E-state index is 14.0. The minimum absolute atomic E-state index is 0.00675. The molecule has 0 amide bonds. The Morgan fingerprint density at radius 3 is 2.20 bits per heavy atom. The molecule has 106 valence electrons. The summed E-state index contributed by atoms with van der Waals surface area (Å²) in [5.41, 5.74) is 1.02. The molecule has 0 aromatic heterocycles. The first-order chi connectivity index (χ1) is 9.43. The standard InChI is InChI=1S/C16H16F3N/c1-9-6-16(19)13(8-15(9)18)12-7-11(10(2)20-3)4-5-14(12)17/h4-8,10,20H,1-3H3. The van der Waals surface area contributed by atoms with E-state index in [9.17, 15) is 13.2 Å². The molecule has 0 bridgehead atoms. The zero-order chi connectivity index (χ0) is 14.9. The van der Waals surface area contributed by atoms with Gasteiger partial charge in [0, 0.05) is 17.2 Å². The second-order valence-electron chi connectivity index (χ2n) is 4.83. The van der Waals surface area contributed by atoms with Crippen molar-refractivity contribution in [2.75, 3.05) is 7.05 Å². The predicted octanol–water partition coefficient (Wildman–Crippen LogP) is 4.36. The van der Waals surface area contributed by atoms with Crippen molar-refractivity contribution in [2.24, 2.45) is 0 Å². The summed E-state index contributed by atoms with van der Waals surface area (Å²) in [5.74, 6) is -1.75. The molecular formula is C16H16F3N. The van der Waals surface area contributed by atoms with Gasteiger partial charge in [-0.1, -0.05) is 6.07 Å². The highest BCUT2D eigenvalue weighted by molar-refractivity contribution is 5.66. The first kappa shape index (κ1) is 14.6. The molecule has 1 N–H and O–H groups in total. The van der Waals surface area contributed by atoms with Gasteiger partial charge in [-0.15, -0.1) is 0 Å². The molecule has 0 fully saturated rings. The summed E-state index contributed by atoms with van der Waals surface area (Å²) in [4.78, 5) is 0. The Morgan fingerprint density at radius 1 is 0.900 bits per heavy atom. The third-order valence-corrected chi connectivity index (χ3v) is 3.46. The van der Waals surface area contributed by atoms with Crippen molar-refractivity contribution in [3.05, 3.63) is 58.9 Å². The van der Waals surface area contributed by atoms with Crippen molar-refractivity contribution in [3.63, 3.8) is 0 Å². The Morgan fingerprint density at radius 2 is 1.55 bits per heavy atom. The fourth-order valence-electron chi connectivity index (χ4n) is 2.04. The van der Waals surface area contributed by atoms with Crippen LogP contribution in [0.5, 0.6) is 0 Å². The zero-order valence-corrected chi connectivity index (χ0v) is 11.6. The quantitative estimate of drug-likeness (QED) is 0.880. The minimum Gasteiger partial charge on any atom is -0.313 e. The molecule has 2 rings (SSSR count). The van der Waals surface area contributed by atoms with Crippen LogP contribution in [0.25, 0.3) is 11.1 Å². The van der Waals surface area contributed by atoms with Gasteiger partial charge in [0.05, 0.1) is 0 Å². The van der Waals surface area contributed by atoms with Crippen LogP contribution in [0, 0.1) is 24.4 Å². The molecule has 2 aromatic rings. The monoisotopic (exact) mass is 279 g/mol. The van der Waals surface area contributed by atoms with Gasteiger partial charge < -0.3 is 5.32 Å². The van der Waals surface area contributed by atoms with E-state index >= 15 is 0 Å². The molecule has 0 saturated heterocycles. The van der Waals surface area contributed by atoms with Gasteiger partial charge in [-0.2, -0.15) is 0 Å². The Labute approximate surface area is 116 Å². The fourth-order valence-corrected chi connectivity index (χ4v) is 2.04. The number of hydrogen-bond acceptors (Lipinski definition) is 1. The molecule has 20 heavy (non-hydrogen) atoms. The van der Waals surface area contributed by atoms with E-state index in [-0.39, 0.29) is 22.7 Å². The van der Waals surface area contributed by atoms with Gasteiger partial charge >= 0.3 is 0 Å². The molecule has 0 radical (unpaired) electrons. The molecule has 2 aromatic carbocycles. The summed E-state index contributed by atoms with van der Waals surface area (Å²) in [6, 6.07) is 6.56. The average molecular weight is 279 g/mol. The SMILES string of the molecule is CNC(C)c1ccc(F)c(-c2cc(F)c(C)cc2F)c1. The van der Waals surface area contributed by atoms with Crippen LogP contribution in [0.1, 0.15) is 24.1 Å². The molecule has 0 aliphatic rings. The lowest BCUT2D eigenvalue weighted by Gasteiger charge is -2.14. The Bertz CT molecular complexity index is 638. The van der Waals surface area contributed by atoms with Crippen molar-refractivity contribution in [1.82, 2.24) is 5.32 Å². The predicted molar refractivity (Wildman–Crippen MR) is 74.0 cm³/mol. The molecular weight excluding hydrogens is 263 g/mol. The summed E-state index contributed by atoms with van der Waals surface area (Å²) in [5, 5.41) is 3.02. The lowest BCUT2D eigenvalue weighted by atomic mass is 9.98. The van der Waals surface area contributed by atoms with E-state index < -0.39 is 17.5 Å². The van der Waals surface area contributed by atoms with Crippen LogP contribution in [-0.4, -0.2) is 7.05 Å². The van der Waals surface area contributed by atoms with Crippen molar-refractivity contribution < 1.29 is 13.2 Å². The fraction of sp³-hybridized carbons (Fsp3) is 0.250. The maximum absolute atomic E-state index is 14.0. The zero-order valence-electron chi connectivity index (χ0n) is 11.6. The number of nitrogens with one attached hydrogen (secondary N) is 1. The second-order valence-corrected chi connectivity index (χ2v) is 4.83. The molecule has 0 aliphatic heterocycles. The number of halogens is 3. The Balaban J connectivity index is 2.60. The molecule has 4 heteroatoms. The van der Waals surface area contributed by atoms with Crippen molar-refractivity contribution in [2.45, 2.75) is 19.9 Å². The largest absolute Gasteiger partial charge is 0.313 e. The van der Waals surface area contributed by atoms with Crippen LogP contribution in [0.15, 0.2) is 30.3 Å². The van der Waals surface area contributed by atoms with Crippen LogP contribution in [-0.2, 0) is 0 Å². The van der Waals surface area contributed by atoms with Crippen LogP contribution < -0.4 is 5.32 Å². The van der Waals surface area contributed by atoms with E-state index in [4.69, 9.17) is 0 Å². The van der Waals surface area contributed by atoms with Gasteiger partial charge in [0.1, 0.15) is 17.5 Å². The first-order valence-corrected chi connectivity index (χ1v) is 6.36. The molecule has 0 heterocycles. The smallest absolute Gasteiger partial charge is 0.131 e. The van der Waals surface area contributed by atoms with Gasteiger partial charge in [0.25, 0.3) is 0 Å². The molecule has 0 saturated carbocycles. The Hall–Kier alpha value is -1.81. The van der Waals surface area contributed by atoms with Crippen LogP contribution in [0.4, 0.5) is 13.2 Å². The van der Waals surface area contributed by atoms with Crippen molar-refractivity contribution in [1.29, 1.82) is 0 Å². The molecule has 1 atom stereocenters. The highest BCUT2D eigenvalue weighted by Gasteiger charge is 2.15. The molecule has 1 nitrogen and oxygen atoms in total. The molecule has 1 unspecified atom stereocenters. The lowest BCUT2D eigenvalue weighted by molar-refractivity contribution is 0.590. The van der Waals surface area contributed by atoms with Crippen LogP contribution in [0.2, 0.25) is 0 Å². The summed E-state index contributed by atoms with van der Waals surface area (Å²) in [7, 11) is 1.78. The van der Waals surface area contributed by atoms with Crippen molar-refractivity contribution >= 4 is 0 Å². The molecule has 0 spiro atoms. The number of benzene rings is 2. The van der Waals surface area contributed by atoms with E-state index in [0.717, 1.165) is 17.7 Å². The molecule has 0 aliphatic carbocycles. The topological polar surface area (TPSA) is 12.0 Å². The number of rotatable bonds is 3. The summed E-state index contributed by atoms with van der Waals surface area (Å²) < 4.78 is 41.5. The van der Waals surface area contributed by atoms with E-state index in [0.29, 0.717) is 0 Å². The van der Waals surface area contributed by atoms with Crippen LogP contribution in [0.3, 0.4) is 0 Å². The normalized spacial score (nSPS) is 12.5. The highest BCUT2D eigenvalue weighted by atomic mass is 19.1. The van der Waals surface area contributed by atoms with Gasteiger partial charge in [0.2, 0.25) is 0 Å². The maximum Gasteiger partial charge on any atom is 0.131 e. The number of aryl methyl sites for hydroxylation is 1. The Kier molecular flexibility index (Phi) is 4.14. The summed E-state index contributed by atoms with van der Waals surface area (Å²) in [6.45, 7) is 3.38. The van der Waals surface area contributed by atoms with E-state index in [1.165, 1.54) is 13.0 Å². The van der Waals surface area contributed by atoms with Crippen molar-refractivity contribution in [3.8, 4) is 11.1 Å². The average Bonchev–Trinajstić information content (AvgIpc) is 2.43. The van der Waals surface area contributed by atoms with E-state index in [1.807, 2.05) is 6.92 Å². The van der Waals surface area contributed by atoms with Gasteiger partial charge in [0.15, 0.2) is 0 Å². The van der Waals surface area contributed by atoms with Gasteiger partial charge in [-0.25, -0.2) is 13.2 Å². The van der Waals surface area contributed by atoms with Gasteiger partial charge in [-0.05, 0) is 56.3 Å².